The summed E-state index contributed by atoms with van der Waals surface area (Å²) >= 11 is 0. The van der Waals surface area contributed by atoms with Gasteiger partial charge < -0.3 is 10.3 Å². The molecular formula is C22H24N4O3S. The summed E-state index contributed by atoms with van der Waals surface area (Å²) in [6.07, 6.45) is 5.85. The number of carbonyl (C=O) groups is 1. The number of fused-ring (bicyclic) bond motifs is 1. The molecule has 2 aliphatic carbocycles. The van der Waals surface area contributed by atoms with Crippen LogP contribution in [0.25, 0.3) is 22.2 Å². The average Bonchev–Trinajstić information content (AvgIpc) is 3.63. The van der Waals surface area contributed by atoms with Gasteiger partial charge in [0.05, 0.1) is 10.9 Å². The van der Waals surface area contributed by atoms with Crippen LogP contribution in [-0.2, 0) is 21.2 Å². The monoisotopic (exact) mass is 424 g/mol. The number of pyridine rings is 1. The van der Waals surface area contributed by atoms with Gasteiger partial charge in [0.15, 0.2) is 0 Å². The summed E-state index contributed by atoms with van der Waals surface area (Å²) in [5.74, 6) is 0.631. The van der Waals surface area contributed by atoms with E-state index in [0.29, 0.717) is 23.6 Å². The van der Waals surface area contributed by atoms with Gasteiger partial charge in [0.25, 0.3) is 0 Å². The number of aryl methyl sites for hydroxylation is 1. The number of hydrogen-bond acceptors (Lipinski definition) is 4. The normalized spacial score (nSPS) is 16.6. The van der Waals surface area contributed by atoms with Crippen LogP contribution in [-0.4, -0.2) is 29.5 Å². The maximum Gasteiger partial charge on any atom is 0.235 e. The van der Waals surface area contributed by atoms with Gasteiger partial charge in [0, 0.05) is 17.5 Å². The fourth-order valence-electron chi connectivity index (χ4n) is 3.68. The van der Waals surface area contributed by atoms with E-state index < -0.39 is 10.0 Å². The number of aromatic amines is 1. The van der Waals surface area contributed by atoms with Crippen LogP contribution in [0.4, 0.5) is 11.5 Å². The third-order valence-corrected chi connectivity index (χ3v) is 7.59. The molecule has 0 saturated heterocycles. The van der Waals surface area contributed by atoms with Gasteiger partial charge in [-0.05, 0) is 73.1 Å². The number of amides is 1. The Morgan fingerprint density at radius 1 is 1.17 bits per heavy atom. The number of nitrogens with one attached hydrogen (secondary N) is 3. The zero-order valence-corrected chi connectivity index (χ0v) is 17.6. The smallest absolute Gasteiger partial charge is 0.235 e. The van der Waals surface area contributed by atoms with Crippen LogP contribution in [0.3, 0.4) is 0 Å². The molecule has 0 aliphatic heterocycles. The van der Waals surface area contributed by atoms with Crippen molar-refractivity contribution in [1.82, 2.24) is 9.97 Å². The molecule has 3 aromatic rings. The summed E-state index contributed by atoms with van der Waals surface area (Å²) in [6.45, 7) is 2.01. The van der Waals surface area contributed by atoms with Crippen molar-refractivity contribution in [2.45, 2.75) is 44.3 Å². The molecular weight excluding hydrogens is 400 g/mol. The van der Waals surface area contributed by atoms with Crippen LogP contribution in [0.2, 0.25) is 0 Å². The van der Waals surface area contributed by atoms with Crippen molar-refractivity contribution in [3.63, 3.8) is 0 Å². The second-order valence-corrected chi connectivity index (χ2v) is 10.1. The van der Waals surface area contributed by atoms with E-state index in [4.69, 9.17) is 0 Å². The molecule has 0 atom stereocenters. The Kier molecular flexibility index (Phi) is 4.54. The van der Waals surface area contributed by atoms with Gasteiger partial charge in [0.2, 0.25) is 15.9 Å². The lowest BCUT2D eigenvalue weighted by Gasteiger charge is -2.14. The van der Waals surface area contributed by atoms with Crippen LogP contribution in [0, 0.1) is 5.92 Å². The highest BCUT2D eigenvalue weighted by molar-refractivity contribution is 7.93. The molecule has 30 heavy (non-hydrogen) atoms. The molecule has 2 heterocycles. The van der Waals surface area contributed by atoms with Crippen molar-refractivity contribution in [2.24, 2.45) is 5.92 Å². The van der Waals surface area contributed by atoms with Gasteiger partial charge in [-0.1, -0.05) is 13.0 Å². The first-order valence-electron chi connectivity index (χ1n) is 10.4. The summed E-state index contributed by atoms with van der Waals surface area (Å²) < 4.78 is 27.5. The molecule has 1 amide bonds. The van der Waals surface area contributed by atoms with E-state index in [1.807, 2.05) is 43.5 Å². The molecule has 2 aliphatic rings. The van der Waals surface area contributed by atoms with Gasteiger partial charge in [-0.2, -0.15) is 0 Å². The topological polar surface area (TPSA) is 104 Å². The van der Waals surface area contributed by atoms with Crippen molar-refractivity contribution in [3.05, 3.63) is 42.1 Å². The molecule has 2 fully saturated rings. The quantitative estimate of drug-likeness (QED) is 0.532. The van der Waals surface area contributed by atoms with E-state index in [1.165, 1.54) is 0 Å². The molecule has 8 heteroatoms. The number of rotatable bonds is 7. The fraction of sp³-hybridized carbons (Fsp3) is 0.364. The third kappa shape index (κ3) is 3.67. The minimum Gasteiger partial charge on any atom is -0.346 e. The van der Waals surface area contributed by atoms with Crippen LogP contribution in [0.15, 0.2) is 36.5 Å². The summed E-state index contributed by atoms with van der Waals surface area (Å²) in [4.78, 5) is 19.9. The number of benzene rings is 1. The molecule has 0 bridgehead atoms. The molecule has 2 aromatic heterocycles. The van der Waals surface area contributed by atoms with Crippen molar-refractivity contribution in [2.75, 3.05) is 10.0 Å². The van der Waals surface area contributed by atoms with Gasteiger partial charge in [-0.3, -0.25) is 9.52 Å². The first-order valence-corrected chi connectivity index (χ1v) is 11.9. The Hall–Kier alpha value is -2.87. The molecule has 0 radical (unpaired) electrons. The number of aromatic nitrogens is 2. The van der Waals surface area contributed by atoms with Crippen molar-refractivity contribution < 1.29 is 13.2 Å². The molecule has 0 unspecified atom stereocenters. The standard InChI is InChI=1S/C22H24N4O3S/c1-2-13-11-15(5-8-19(13)26-30(28,29)16-6-7-16)18-12-20(25-22(27)14-3-4-14)24-21-17(18)9-10-23-21/h5,8-12,14,16,26H,2-4,6-7H2,1H3,(H2,23,24,25,27). The highest BCUT2D eigenvalue weighted by Gasteiger charge is 2.36. The van der Waals surface area contributed by atoms with E-state index in [0.717, 1.165) is 47.8 Å². The zero-order valence-electron chi connectivity index (χ0n) is 16.7. The predicted molar refractivity (Wildman–Crippen MR) is 118 cm³/mol. The van der Waals surface area contributed by atoms with E-state index >= 15 is 0 Å². The number of carbonyl (C=O) groups excluding carboxylic acids is 1. The minimum absolute atomic E-state index is 0.0124. The first kappa shape index (κ1) is 19.1. The molecule has 1 aromatic carbocycles. The van der Waals surface area contributed by atoms with Gasteiger partial charge in [-0.15, -0.1) is 0 Å². The number of nitrogens with zero attached hydrogens (tertiary/aromatic N) is 1. The largest absolute Gasteiger partial charge is 0.346 e. The minimum atomic E-state index is -3.31. The van der Waals surface area contributed by atoms with Crippen LogP contribution in [0.5, 0.6) is 0 Å². The maximum absolute atomic E-state index is 12.4. The molecule has 2 saturated carbocycles. The van der Waals surface area contributed by atoms with E-state index in [2.05, 4.69) is 20.0 Å². The Morgan fingerprint density at radius 3 is 2.67 bits per heavy atom. The number of anilines is 2. The Bertz CT molecular complexity index is 1240. The van der Waals surface area contributed by atoms with E-state index in [1.54, 1.807) is 0 Å². The second-order valence-electron chi connectivity index (χ2n) is 8.13. The third-order valence-electron chi connectivity index (χ3n) is 5.74. The van der Waals surface area contributed by atoms with Gasteiger partial charge in [-0.25, -0.2) is 13.4 Å². The number of hydrogen-bond donors (Lipinski definition) is 3. The van der Waals surface area contributed by atoms with Crippen molar-refractivity contribution in [3.8, 4) is 11.1 Å². The van der Waals surface area contributed by atoms with Gasteiger partial charge in [0.1, 0.15) is 11.5 Å². The Balaban J connectivity index is 1.52. The maximum atomic E-state index is 12.4. The molecule has 7 nitrogen and oxygen atoms in total. The van der Waals surface area contributed by atoms with Crippen molar-refractivity contribution >= 4 is 38.5 Å². The van der Waals surface area contributed by atoms with Crippen LogP contribution in [0.1, 0.15) is 38.2 Å². The zero-order chi connectivity index (χ0) is 20.9. The molecule has 3 N–H and O–H groups in total. The SMILES string of the molecule is CCc1cc(-c2cc(NC(=O)C3CC3)nc3[nH]ccc23)ccc1NS(=O)(=O)C1CC1. The molecule has 5 rings (SSSR count). The predicted octanol–water partition coefficient (Wildman–Crippen LogP) is 4.04. The summed E-state index contributed by atoms with van der Waals surface area (Å²) in [5.41, 5.74) is 4.17. The second kappa shape index (κ2) is 7.12. The highest BCUT2D eigenvalue weighted by Crippen LogP contribution is 2.35. The summed E-state index contributed by atoms with van der Waals surface area (Å²) in [6, 6.07) is 9.60. The molecule has 156 valence electrons. The Labute approximate surface area is 175 Å². The number of sulfonamides is 1. The first-order chi connectivity index (χ1) is 14.4. The average molecular weight is 425 g/mol. The van der Waals surface area contributed by atoms with Crippen LogP contribution >= 0.6 is 0 Å². The lowest BCUT2D eigenvalue weighted by Crippen LogP contribution is -2.18. The fourth-order valence-corrected chi connectivity index (χ4v) is 5.11. The summed E-state index contributed by atoms with van der Waals surface area (Å²) in [5, 5.41) is 3.61. The number of H-pyrrole nitrogens is 1. The summed E-state index contributed by atoms with van der Waals surface area (Å²) in [7, 11) is -3.31. The van der Waals surface area contributed by atoms with Crippen LogP contribution < -0.4 is 10.0 Å². The van der Waals surface area contributed by atoms with E-state index in [-0.39, 0.29) is 17.1 Å². The van der Waals surface area contributed by atoms with Gasteiger partial charge >= 0.3 is 0 Å². The van der Waals surface area contributed by atoms with Crippen molar-refractivity contribution in [1.29, 1.82) is 0 Å². The Morgan fingerprint density at radius 2 is 1.97 bits per heavy atom. The lowest BCUT2D eigenvalue weighted by atomic mass is 9.99. The van der Waals surface area contributed by atoms with E-state index in [9.17, 15) is 13.2 Å². The lowest BCUT2D eigenvalue weighted by molar-refractivity contribution is -0.117. The highest BCUT2D eigenvalue weighted by atomic mass is 32.2. The molecule has 0 spiro atoms.